The Morgan fingerprint density at radius 1 is 1.26 bits per heavy atom. The third kappa shape index (κ3) is 2.60. The Kier molecular flexibility index (Phi) is 3.45. The summed E-state index contributed by atoms with van der Waals surface area (Å²) in [5.41, 5.74) is 1.32. The lowest BCUT2D eigenvalue weighted by atomic mass is 9.95. The van der Waals surface area contributed by atoms with Gasteiger partial charge in [-0.25, -0.2) is 0 Å². The summed E-state index contributed by atoms with van der Waals surface area (Å²) in [6.45, 7) is 6.67. The Balaban J connectivity index is 1.67. The van der Waals surface area contributed by atoms with E-state index in [1.807, 2.05) is 0 Å². The van der Waals surface area contributed by atoms with Gasteiger partial charge in [0.25, 0.3) is 0 Å². The van der Waals surface area contributed by atoms with E-state index in [1.165, 1.54) is 18.4 Å². The maximum Gasteiger partial charge on any atom is 0.194 e. The Morgan fingerprint density at radius 2 is 2.05 bits per heavy atom. The lowest BCUT2D eigenvalue weighted by Gasteiger charge is -2.36. The summed E-state index contributed by atoms with van der Waals surface area (Å²) in [5, 5.41) is 3.59. The molecule has 0 radical (unpaired) electrons. The van der Waals surface area contributed by atoms with Crippen LogP contribution >= 0.6 is 0 Å². The Morgan fingerprint density at radius 3 is 2.84 bits per heavy atom. The molecule has 1 aromatic rings. The number of nitrogens with one attached hydrogen (secondary N) is 1. The number of benzene rings is 1. The predicted octanol–water partition coefficient (Wildman–Crippen LogP) is 2.81. The van der Waals surface area contributed by atoms with Crippen molar-refractivity contribution in [1.29, 1.82) is 0 Å². The van der Waals surface area contributed by atoms with Gasteiger partial charge in [0.1, 0.15) is 0 Å². The van der Waals surface area contributed by atoms with Crippen LogP contribution in [0.4, 0.5) is 0 Å². The highest BCUT2D eigenvalue weighted by Gasteiger charge is 2.33. The highest BCUT2D eigenvalue weighted by Crippen LogP contribution is 2.26. The molecule has 3 heteroatoms. The Labute approximate surface area is 115 Å². The summed E-state index contributed by atoms with van der Waals surface area (Å²) in [6.07, 6.45) is 2.63. The summed E-state index contributed by atoms with van der Waals surface area (Å²) >= 11 is 0. The van der Waals surface area contributed by atoms with Crippen molar-refractivity contribution >= 4 is 5.96 Å². The van der Waals surface area contributed by atoms with Gasteiger partial charge in [-0.2, -0.15) is 0 Å². The topological polar surface area (TPSA) is 27.6 Å². The third-order valence-electron chi connectivity index (χ3n) is 4.31. The van der Waals surface area contributed by atoms with Crippen LogP contribution in [0, 0.1) is 5.92 Å². The van der Waals surface area contributed by atoms with E-state index in [1.54, 1.807) is 0 Å². The molecule has 3 atom stereocenters. The van der Waals surface area contributed by atoms with Crippen molar-refractivity contribution in [3.63, 3.8) is 0 Å². The molecule has 102 valence electrons. The number of piperidine rings is 1. The average molecular weight is 257 g/mol. The van der Waals surface area contributed by atoms with Gasteiger partial charge < -0.3 is 10.2 Å². The minimum absolute atomic E-state index is 0.316. The first-order valence-corrected chi connectivity index (χ1v) is 7.36. The highest BCUT2D eigenvalue weighted by molar-refractivity contribution is 5.82. The zero-order valence-electron chi connectivity index (χ0n) is 11.8. The van der Waals surface area contributed by atoms with Gasteiger partial charge in [0.2, 0.25) is 0 Å². The molecule has 0 aliphatic carbocycles. The van der Waals surface area contributed by atoms with E-state index < -0.39 is 0 Å². The molecule has 1 fully saturated rings. The number of hydrogen-bond donors (Lipinski definition) is 1. The van der Waals surface area contributed by atoms with Crippen LogP contribution in [-0.4, -0.2) is 30.0 Å². The molecular weight excluding hydrogens is 234 g/mol. The molecule has 3 rings (SSSR count). The van der Waals surface area contributed by atoms with Crippen molar-refractivity contribution in [2.24, 2.45) is 10.9 Å². The van der Waals surface area contributed by atoms with Crippen LogP contribution in [0.1, 0.15) is 38.3 Å². The van der Waals surface area contributed by atoms with Crippen LogP contribution in [0.3, 0.4) is 0 Å². The van der Waals surface area contributed by atoms with Gasteiger partial charge in [-0.1, -0.05) is 37.3 Å². The van der Waals surface area contributed by atoms with Crippen molar-refractivity contribution in [2.45, 2.75) is 38.8 Å². The van der Waals surface area contributed by atoms with Crippen LogP contribution in [0.15, 0.2) is 35.3 Å². The zero-order chi connectivity index (χ0) is 13.2. The molecule has 2 unspecified atom stereocenters. The first kappa shape index (κ1) is 12.5. The van der Waals surface area contributed by atoms with Crippen molar-refractivity contribution in [3.05, 3.63) is 35.9 Å². The van der Waals surface area contributed by atoms with Crippen molar-refractivity contribution < 1.29 is 0 Å². The molecule has 2 aliphatic rings. The molecule has 2 heterocycles. The summed E-state index contributed by atoms with van der Waals surface area (Å²) in [5.74, 6) is 1.89. The van der Waals surface area contributed by atoms with Gasteiger partial charge in [0, 0.05) is 6.54 Å². The fourth-order valence-electron chi connectivity index (χ4n) is 3.09. The van der Waals surface area contributed by atoms with Gasteiger partial charge >= 0.3 is 0 Å². The van der Waals surface area contributed by atoms with E-state index in [0.29, 0.717) is 12.1 Å². The van der Waals surface area contributed by atoms with Crippen LogP contribution in [0.25, 0.3) is 0 Å². The minimum atomic E-state index is 0.316. The molecule has 0 amide bonds. The smallest absolute Gasteiger partial charge is 0.194 e. The second-order valence-electron chi connectivity index (χ2n) is 5.93. The number of hydrogen-bond acceptors (Lipinski definition) is 3. The van der Waals surface area contributed by atoms with Crippen molar-refractivity contribution in [3.8, 4) is 0 Å². The number of rotatable bonds is 2. The number of fused-ring (bicyclic) bond motifs is 1. The van der Waals surface area contributed by atoms with Gasteiger partial charge in [-0.15, -0.1) is 0 Å². The lowest BCUT2D eigenvalue weighted by Crippen LogP contribution is -2.48. The van der Waals surface area contributed by atoms with E-state index >= 15 is 0 Å². The van der Waals surface area contributed by atoms with Crippen LogP contribution in [0.5, 0.6) is 0 Å². The second kappa shape index (κ2) is 5.24. The normalized spacial score (nSPS) is 27.7. The Hall–Kier alpha value is -1.51. The molecule has 3 nitrogen and oxygen atoms in total. The van der Waals surface area contributed by atoms with E-state index in [2.05, 4.69) is 54.4 Å². The quantitative estimate of drug-likeness (QED) is 0.882. The fourth-order valence-corrected chi connectivity index (χ4v) is 3.09. The highest BCUT2D eigenvalue weighted by atomic mass is 15.4. The van der Waals surface area contributed by atoms with Gasteiger partial charge in [-0.05, 0) is 31.2 Å². The standard InChI is InChI=1S/C16H23N3/c1-12-8-9-15-10-17-16(19(15)11-12)18-13(2)14-6-4-3-5-7-14/h3-7,12-13,15H,8-11H2,1-2H3,(H,17,18)/t12?,13-,15?/m1/s1. The van der Waals surface area contributed by atoms with Crippen LogP contribution in [-0.2, 0) is 0 Å². The SMILES string of the molecule is CC1CCC2CN=C(N[C@H](C)c3ccccc3)N2C1. The molecule has 1 saturated heterocycles. The fraction of sp³-hybridized carbons (Fsp3) is 0.562. The number of aliphatic imine (C=N–C) groups is 1. The molecule has 0 bridgehead atoms. The van der Waals surface area contributed by atoms with Crippen molar-refractivity contribution in [2.75, 3.05) is 13.1 Å². The number of nitrogens with zero attached hydrogens (tertiary/aromatic N) is 2. The summed E-state index contributed by atoms with van der Waals surface area (Å²) in [7, 11) is 0. The van der Waals surface area contributed by atoms with E-state index in [4.69, 9.17) is 4.99 Å². The molecule has 0 saturated carbocycles. The monoisotopic (exact) mass is 257 g/mol. The summed E-state index contributed by atoms with van der Waals surface area (Å²) in [6, 6.07) is 11.5. The largest absolute Gasteiger partial charge is 0.350 e. The van der Waals surface area contributed by atoms with E-state index in [9.17, 15) is 0 Å². The molecule has 1 aromatic carbocycles. The summed E-state index contributed by atoms with van der Waals surface area (Å²) < 4.78 is 0. The molecule has 0 spiro atoms. The van der Waals surface area contributed by atoms with Gasteiger partial charge in [0.15, 0.2) is 5.96 Å². The molecule has 19 heavy (non-hydrogen) atoms. The van der Waals surface area contributed by atoms with Crippen LogP contribution in [0.2, 0.25) is 0 Å². The molecular formula is C16H23N3. The zero-order valence-corrected chi connectivity index (χ0v) is 11.8. The van der Waals surface area contributed by atoms with E-state index in [-0.39, 0.29) is 0 Å². The predicted molar refractivity (Wildman–Crippen MR) is 79.2 cm³/mol. The van der Waals surface area contributed by atoms with Gasteiger partial charge in [0.05, 0.1) is 18.6 Å². The first-order valence-electron chi connectivity index (χ1n) is 7.36. The first-order chi connectivity index (χ1) is 9.24. The number of guanidine groups is 1. The van der Waals surface area contributed by atoms with E-state index in [0.717, 1.165) is 25.0 Å². The summed E-state index contributed by atoms with van der Waals surface area (Å²) in [4.78, 5) is 7.19. The van der Waals surface area contributed by atoms with Crippen LogP contribution < -0.4 is 5.32 Å². The van der Waals surface area contributed by atoms with Gasteiger partial charge in [-0.3, -0.25) is 4.99 Å². The molecule has 1 N–H and O–H groups in total. The average Bonchev–Trinajstić information content (AvgIpc) is 2.82. The Bertz CT molecular complexity index is 454. The molecule has 0 aromatic heterocycles. The third-order valence-corrected chi connectivity index (χ3v) is 4.31. The minimum Gasteiger partial charge on any atom is -0.350 e. The maximum atomic E-state index is 4.71. The second-order valence-corrected chi connectivity index (χ2v) is 5.93. The molecule has 2 aliphatic heterocycles. The maximum absolute atomic E-state index is 4.71. The lowest BCUT2D eigenvalue weighted by molar-refractivity contribution is 0.210. The van der Waals surface area contributed by atoms with Crippen molar-refractivity contribution in [1.82, 2.24) is 10.2 Å².